The Morgan fingerprint density at radius 1 is 1.06 bits per heavy atom. The first-order valence-corrected chi connectivity index (χ1v) is 16.9. The second-order valence-corrected chi connectivity index (χ2v) is 14.6. The van der Waals surface area contributed by atoms with Crippen LogP contribution in [-0.4, -0.2) is 109 Å². The van der Waals surface area contributed by atoms with Crippen molar-refractivity contribution in [3.8, 4) is 11.8 Å². The predicted molar refractivity (Wildman–Crippen MR) is 171 cm³/mol. The second-order valence-electron chi connectivity index (χ2n) is 13.8. The summed E-state index contributed by atoms with van der Waals surface area (Å²) in [5.41, 5.74) is 0.329. The molecule has 5 rings (SSSR count). The number of piperidine rings is 2. The van der Waals surface area contributed by atoms with Crippen molar-refractivity contribution in [2.45, 2.75) is 83.7 Å². The zero-order valence-electron chi connectivity index (χ0n) is 27.3. The predicted octanol–water partition coefficient (Wildman–Crippen LogP) is 6.88. The van der Waals surface area contributed by atoms with E-state index in [1.54, 1.807) is 9.80 Å². The molecule has 3 aliphatic rings. The van der Waals surface area contributed by atoms with Crippen LogP contribution < -0.4 is 14.4 Å². The lowest BCUT2D eigenvalue weighted by atomic mass is 9.72. The lowest BCUT2D eigenvalue weighted by Crippen LogP contribution is -2.62. The van der Waals surface area contributed by atoms with Crippen molar-refractivity contribution >= 4 is 38.7 Å². The molecule has 9 nitrogen and oxygen atoms in total. The molecule has 2 aromatic rings. The van der Waals surface area contributed by atoms with Crippen molar-refractivity contribution in [2.75, 3.05) is 64.1 Å². The number of rotatable bonds is 9. The highest BCUT2D eigenvalue weighted by Crippen LogP contribution is 2.45. The van der Waals surface area contributed by atoms with Crippen LogP contribution in [0.5, 0.6) is 11.8 Å². The highest BCUT2D eigenvalue weighted by Gasteiger charge is 2.48. The van der Waals surface area contributed by atoms with Crippen LogP contribution in [0.3, 0.4) is 0 Å². The Kier molecular flexibility index (Phi) is 10.6. The molecule has 1 amide bonds. The average Bonchev–Trinajstić information content (AvgIpc) is 2.99. The number of fused-ring (bicyclic) bond motifs is 1. The molecule has 47 heavy (non-hydrogen) atoms. The van der Waals surface area contributed by atoms with Crippen LogP contribution in [0.1, 0.15) is 58.9 Å². The van der Waals surface area contributed by atoms with Gasteiger partial charge in [0.15, 0.2) is 12.4 Å². The van der Waals surface area contributed by atoms with Crippen LogP contribution >= 0.6 is 15.9 Å². The molecule has 1 aromatic carbocycles. The van der Waals surface area contributed by atoms with E-state index < -0.39 is 37.8 Å². The maximum atomic E-state index is 13.3. The number of carbonyl (C=O) groups excluding carboxylic acids is 1. The highest BCUT2D eigenvalue weighted by molar-refractivity contribution is 9.10. The van der Waals surface area contributed by atoms with Crippen molar-refractivity contribution in [3.63, 3.8) is 0 Å². The Balaban J connectivity index is 1.42. The molecule has 3 saturated heterocycles. The highest BCUT2D eigenvalue weighted by atomic mass is 79.9. The number of benzene rings is 1. The third-order valence-electron chi connectivity index (χ3n) is 9.13. The molecule has 0 bridgehead atoms. The molecule has 0 radical (unpaired) electrons. The van der Waals surface area contributed by atoms with E-state index in [4.69, 9.17) is 19.2 Å². The average molecular weight is 737 g/mol. The molecule has 1 aromatic heterocycles. The maximum Gasteiger partial charge on any atom is 0.422 e. The fourth-order valence-electron chi connectivity index (χ4n) is 6.54. The summed E-state index contributed by atoms with van der Waals surface area (Å²) in [6.45, 7) is 7.65. The SMILES string of the molecule is CCc1cc2c(N3CCC4(CC3)CN(C(=O)OC(C)(C)C)C4)nc(OC3CCN(C(CF)CF)CC3)nc2c(OCC(F)(F)F)c1Br. The summed E-state index contributed by atoms with van der Waals surface area (Å²) < 4.78 is 84.0. The van der Waals surface area contributed by atoms with Crippen LogP contribution in [0.4, 0.5) is 32.6 Å². The van der Waals surface area contributed by atoms with Gasteiger partial charge in [-0.05, 0) is 80.4 Å². The summed E-state index contributed by atoms with van der Waals surface area (Å²) in [6.07, 6.45) is -2.16. The topological polar surface area (TPSA) is 80.3 Å². The Morgan fingerprint density at radius 3 is 2.26 bits per heavy atom. The van der Waals surface area contributed by atoms with Crippen LogP contribution in [-0.2, 0) is 11.2 Å². The number of ether oxygens (including phenoxy) is 3. The Hall–Kier alpha value is -2.68. The molecule has 0 aliphatic carbocycles. The molecule has 3 aliphatic heterocycles. The number of halogens is 6. The third-order valence-corrected chi connectivity index (χ3v) is 10.00. The minimum atomic E-state index is -4.56. The van der Waals surface area contributed by atoms with Crippen LogP contribution in [0, 0.1) is 5.41 Å². The minimum Gasteiger partial charge on any atom is -0.481 e. The summed E-state index contributed by atoms with van der Waals surface area (Å²) in [4.78, 5) is 27.5. The molecule has 0 N–H and O–H groups in total. The van der Waals surface area contributed by atoms with Crippen LogP contribution in [0.15, 0.2) is 10.5 Å². The summed E-state index contributed by atoms with van der Waals surface area (Å²) in [7, 11) is 0. The van der Waals surface area contributed by atoms with Gasteiger partial charge >= 0.3 is 18.3 Å². The largest absolute Gasteiger partial charge is 0.481 e. The van der Waals surface area contributed by atoms with Crippen LogP contribution in [0.2, 0.25) is 0 Å². The normalized spacial score (nSPS) is 19.4. The summed E-state index contributed by atoms with van der Waals surface area (Å²) >= 11 is 3.46. The van der Waals surface area contributed by atoms with E-state index in [0.29, 0.717) is 74.2 Å². The van der Waals surface area contributed by atoms with Crippen molar-refractivity contribution in [3.05, 3.63) is 16.1 Å². The Labute approximate surface area is 280 Å². The first kappa shape index (κ1) is 35.6. The Bertz CT molecular complexity index is 1410. The summed E-state index contributed by atoms with van der Waals surface area (Å²) in [6, 6.07) is 1.10. The van der Waals surface area contributed by atoms with E-state index >= 15 is 0 Å². The molecule has 0 unspecified atom stereocenters. The number of aromatic nitrogens is 2. The van der Waals surface area contributed by atoms with Gasteiger partial charge in [0.25, 0.3) is 0 Å². The van der Waals surface area contributed by atoms with E-state index in [-0.39, 0.29) is 34.9 Å². The quantitative estimate of drug-likeness (QED) is 0.258. The zero-order chi connectivity index (χ0) is 34.1. The van der Waals surface area contributed by atoms with E-state index in [2.05, 4.69) is 25.8 Å². The molecule has 3 fully saturated rings. The number of carbonyl (C=O) groups is 1. The minimum absolute atomic E-state index is 0.00604. The number of nitrogens with zero attached hydrogens (tertiary/aromatic N) is 5. The van der Waals surface area contributed by atoms with E-state index in [9.17, 15) is 26.7 Å². The van der Waals surface area contributed by atoms with Gasteiger partial charge in [-0.25, -0.2) is 13.6 Å². The summed E-state index contributed by atoms with van der Waals surface area (Å²) in [5.74, 6) is 0.504. The van der Waals surface area contributed by atoms with Gasteiger partial charge in [-0.3, -0.25) is 4.90 Å². The number of anilines is 1. The third kappa shape index (κ3) is 8.31. The monoisotopic (exact) mass is 735 g/mol. The number of amides is 1. The molecular weight excluding hydrogens is 693 g/mol. The van der Waals surface area contributed by atoms with Crippen molar-refractivity contribution in [1.29, 1.82) is 0 Å². The van der Waals surface area contributed by atoms with Gasteiger partial charge in [-0.15, -0.1) is 0 Å². The lowest BCUT2D eigenvalue weighted by Gasteiger charge is -2.53. The van der Waals surface area contributed by atoms with E-state index in [0.717, 1.165) is 18.4 Å². The first-order valence-electron chi connectivity index (χ1n) is 16.1. The Morgan fingerprint density at radius 2 is 1.70 bits per heavy atom. The second kappa shape index (κ2) is 14.0. The zero-order valence-corrected chi connectivity index (χ0v) is 28.9. The van der Waals surface area contributed by atoms with Gasteiger partial charge in [-0.2, -0.15) is 23.1 Å². The molecule has 262 valence electrons. The smallest absolute Gasteiger partial charge is 0.422 e. The van der Waals surface area contributed by atoms with Gasteiger partial charge < -0.3 is 24.0 Å². The standard InChI is InChI=1S/C32H43BrF5N5O4/c1-5-20-14-23-25(26(24(20)33)45-19-32(36,37)38)39-28(46-22-6-10-41(11-7-22)21(15-34)16-35)40-27(23)42-12-8-31(9-13-42)17-43(18-31)29(44)47-30(2,3)4/h14,21-22H,5-13,15-19H2,1-4H3. The number of hydrogen-bond donors (Lipinski definition) is 0. The molecule has 1 spiro atoms. The van der Waals surface area contributed by atoms with Gasteiger partial charge in [0.1, 0.15) is 36.4 Å². The van der Waals surface area contributed by atoms with E-state index in [1.165, 1.54) is 0 Å². The number of likely N-dealkylation sites (tertiary alicyclic amines) is 2. The fourth-order valence-corrected chi connectivity index (χ4v) is 7.24. The summed E-state index contributed by atoms with van der Waals surface area (Å²) in [5, 5.41) is 0.554. The first-order chi connectivity index (χ1) is 22.1. The lowest BCUT2D eigenvalue weighted by molar-refractivity contribution is -0.153. The fraction of sp³-hybridized carbons (Fsp3) is 0.719. The van der Waals surface area contributed by atoms with Crippen molar-refractivity contribution in [2.24, 2.45) is 5.41 Å². The number of alkyl halides is 5. The molecule has 0 atom stereocenters. The molecular formula is C32H43BrF5N5O4. The van der Waals surface area contributed by atoms with Crippen molar-refractivity contribution in [1.82, 2.24) is 19.8 Å². The van der Waals surface area contributed by atoms with Crippen molar-refractivity contribution < 1.29 is 41.0 Å². The molecule has 0 saturated carbocycles. The van der Waals surface area contributed by atoms with Gasteiger partial charge in [0.2, 0.25) is 0 Å². The number of hydrogen-bond acceptors (Lipinski definition) is 8. The molecule has 15 heteroatoms. The van der Waals surface area contributed by atoms with Crippen LogP contribution in [0.25, 0.3) is 10.9 Å². The molecule has 4 heterocycles. The van der Waals surface area contributed by atoms with Gasteiger partial charge in [0, 0.05) is 50.1 Å². The van der Waals surface area contributed by atoms with Gasteiger partial charge in [0.05, 0.1) is 10.5 Å². The van der Waals surface area contributed by atoms with E-state index in [1.807, 2.05) is 33.8 Å². The van der Waals surface area contributed by atoms with Gasteiger partial charge in [-0.1, -0.05) is 6.92 Å². The maximum absolute atomic E-state index is 13.3. The number of aryl methyl sites for hydroxylation is 1.